The second kappa shape index (κ2) is 6.99. The van der Waals surface area contributed by atoms with Crippen LogP contribution in [0.5, 0.6) is 0 Å². The average Bonchev–Trinajstić information content (AvgIpc) is 2.89. The van der Waals surface area contributed by atoms with Crippen LogP contribution >= 0.6 is 0 Å². The number of esters is 1. The van der Waals surface area contributed by atoms with Crippen LogP contribution in [0, 0.1) is 52.5 Å². The Morgan fingerprint density at radius 2 is 1.75 bits per heavy atom. The van der Waals surface area contributed by atoms with E-state index in [0.717, 1.165) is 38.5 Å². The summed E-state index contributed by atoms with van der Waals surface area (Å²) in [4.78, 5) is 11.5. The van der Waals surface area contributed by atoms with Crippen molar-refractivity contribution >= 4 is 5.97 Å². The van der Waals surface area contributed by atoms with E-state index in [1.165, 1.54) is 6.92 Å². The molecule has 4 aliphatic carbocycles. The van der Waals surface area contributed by atoms with Gasteiger partial charge in [0.25, 0.3) is 0 Å². The number of halogens is 1. The van der Waals surface area contributed by atoms with Gasteiger partial charge < -0.3 is 14.9 Å². The number of carbonyl (C=O) groups excluding carboxylic acids is 1. The first kappa shape index (κ1) is 20.2. The maximum atomic E-state index is 12.8. The first-order valence-corrected chi connectivity index (χ1v) is 10.9. The van der Waals surface area contributed by atoms with Crippen molar-refractivity contribution in [3.05, 3.63) is 0 Å². The maximum Gasteiger partial charge on any atom is 0.302 e. The summed E-state index contributed by atoms with van der Waals surface area (Å²) < 4.78 is 18.3. The number of hydrogen-bond acceptors (Lipinski definition) is 4. The van der Waals surface area contributed by atoms with E-state index in [9.17, 15) is 19.4 Å². The summed E-state index contributed by atoms with van der Waals surface area (Å²) in [7, 11) is 0. The predicted molar refractivity (Wildman–Crippen MR) is 102 cm³/mol. The van der Waals surface area contributed by atoms with E-state index < -0.39 is 18.3 Å². The number of fused-ring (bicyclic) bond motifs is 5. The van der Waals surface area contributed by atoms with Crippen molar-refractivity contribution in [1.29, 1.82) is 0 Å². The summed E-state index contributed by atoms with van der Waals surface area (Å²) in [6, 6.07) is 0. The first-order valence-electron chi connectivity index (χ1n) is 10.9. The highest BCUT2D eigenvalue weighted by atomic mass is 19.1. The molecule has 0 saturated heterocycles. The van der Waals surface area contributed by atoms with Crippen molar-refractivity contribution in [3.63, 3.8) is 0 Å². The van der Waals surface area contributed by atoms with Crippen LogP contribution in [0.15, 0.2) is 0 Å². The molecule has 5 heteroatoms. The predicted octanol–water partition coefficient (Wildman–Crippen LogP) is 3.45. The van der Waals surface area contributed by atoms with Gasteiger partial charge in [-0.1, -0.05) is 19.8 Å². The summed E-state index contributed by atoms with van der Waals surface area (Å²) in [6.45, 7) is 5.90. The van der Waals surface area contributed by atoms with E-state index in [1.807, 2.05) is 0 Å². The number of aliphatic hydroxyl groups is 2. The normalized spacial score (nSPS) is 52.5. The van der Waals surface area contributed by atoms with Gasteiger partial charge in [0.2, 0.25) is 0 Å². The second-order valence-corrected chi connectivity index (χ2v) is 10.3. The molecule has 28 heavy (non-hydrogen) atoms. The standard InChI is InChI=1S/C23H33FO4/c1-13(25)28-20-12-18-14-4-5-16-15(8-11-24)19(26)7-10-22(16,2)17(14)6-9-23(18,3)21(20)27/h14-21,26-27H,4-7,9-10,12H2,1-3H3/t14-,15?,16?,17-,18+,19?,20?,21?,22+,23+/m1/s1. The summed E-state index contributed by atoms with van der Waals surface area (Å²) >= 11 is 0. The molecule has 10 atom stereocenters. The van der Waals surface area contributed by atoms with Gasteiger partial charge >= 0.3 is 5.97 Å². The molecule has 0 aliphatic heterocycles. The zero-order valence-electron chi connectivity index (χ0n) is 17.2. The van der Waals surface area contributed by atoms with Crippen molar-refractivity contribution in [2.24, 2.45) is 40.4 Å². The zero-order chi connectivity index (χ0) is 20.3. The Balaban J connectivity index is 1.62. The van der Waals surface area contributed by atoms with Gasteiger partial charge in [0.1, 0.15) is 12.3 Å². The van der Waals surface area contributed by atoms with Gasteiger partial charge in [-0.25, -0.2) is 0 Å². The molecule has 0 amide bonds. The fourth-order valence-corrected chi connectivity index (χ4v) is 7.90. The van der Waals surface area contributed by atoms with Crippen LogP contribution in [0.3, 0.4) is 0 Å². The highest BCUT2D eigenvalue weighted by Crippen LogP contribution is 2.67. The molecule has 0 aromatic rings. The van der Waals surface area contributed by atoms with Crippen LogP contribution in [0.4, 0.5) is 4.39 Å². The maximum absolute atomic E-state index is 12.8. The van der Waals surface area contributed by atoms with E-state index in [4.69, 9.17) is 4.74 Å². The molecule has 4 rings (SSSR count). The fourth-order valence-electron chi connectivity index (χ4n) is 7.90. The Hall–Kier alpha value is -1.12. The molecule has 4 aliphatic rings. The lowest BCUT2D eigenvalue weighted by Crippen LogP contribution is -2.56. The molecule has 156 valence electrons. The summed E-state index contributed by atoms with van der Waals surface area (Å²) in [5.74, 6) is 3.60. The third kappa shape index (κ3) is 2.82. The monoisotopic (exact) mass is 392 g/mol. The van der Waals surface area contributed by atoms with Crippen LogP contribution < -0.4 is 0 Å². The summed E-state index contributed by atoms with van der Waals surface area (Å²) in [5.41, 5.74) is -0.167. The topological polar surface area (TPSA) is 66.8 Å². The van der Waals surface area contributed by atoms with Gasteiger partial charge in [-0.3, -0.25) is 4.79 Å². The number of hydrogen-bond donors (Lipinski definition) is 2. The minimum Gasteiger partial charge on any atom is -0.460 e. The molecule has 0 bridgehead atoms. The first-order chi connectivity index (χ1) is 13.2. The Morgan fingerprint density at radius 1 is 1.04 bits per heavy atom. The van der Waals surface area contributed by atoms with Gasteiger partial charge in [-0.05, 0) is 74.0 Å². The van der Waals surface area contributed by atoms with Crippen LogP contribution in [-0.4, -0.2) is 34.5 Å². The molecule has 2 N–H and O–H groups in total. The van der Waals surface area contributed by atoms with Gasteiger partial charge in [-0.15, -0.1) is 4.39 Å². The van der Waals surface area contributed by atoms with E-state index in [2.05, 4.69) is 19.8 Å². The molecule has 5 unspecified atom stereocenters. The lowest BCUT2D eigenvalue weighted by Gasteiger charge is -2.61. The third-order valence-electron chi connectivity index (χ3n) is 9.26. The Kier molecular flexibility index (Phi) is 5.03. The number of aliphatic hydroxyl groups excluding tert-OH is 2. The Labute approximate surface area is 167 Å². The number of rotatable bonds is 1. The van der Waals surface area contributed by atoms with Gasteiger partial charge in [0.15, 0.2) is 0 Å². The molecule has 0 aromatic heterocycles. The quantitative estimate of drug-likeness (QED) is 0.530. The lowest BCUT2D eigenvalue weighted by molar-refractivity contribution is -0.156. The average molecular weight is 393 g/mol. The molecule has 0 spiro atoms. The number of ether oxygens (including phenoxy) is 1. The molecular formula is C23H33FO4. The Morgan fingerprint density at radius 3 is 2.43 bits per heavy atom. The molecule has 0 radical (unpaired) electrons. The van der Waals surface area contributed by atoms with Crippen molar-refractivity contribution in [2.75, 3.05) is 0 Å². The van der Waals surface area contributed by atoms with E-state index in [0.29, 0.717) is 24.2 Å². The summed E-state index contributed by atoms with van der Waals surface area (Å²) in [5, 5.41) is 21.4. The van der Waals surface area contributed by atoms with Gasteiger partial charge in [-0.2, -0.15) is 0 Å². The largest absolute Gasteiger partial charge is 0.460 e. The van der Waals surface area contributed by atoms with Gasteiger partial charge in [0.05, 0.1) is 18.1 Å². The molecular weight excluding hydrogens is 359 g/mol. The fraction of sp³-hybridized carbons (Fsp3) is 0.870. The summed E-state index contributed by atoms with van der Waals surface area (Å²) in [6.07, 6.45) is 6.28. The minimum absolute atomic E-state index is 0.0441. The van der Waals surface area contributed by atoms with Crippen LogP contribution in [-0.2, 0) is 9.53 Å². The van der Waals surface area contributed by atoms with E-state index in [-0.39, 0.29) is 28.6 Å². The van der Waals surface area contributed by atoms with Crippen molar-refractivity contribution in [3.8, 4) is 12.1 Å². The highest BCUT2D eigenvalue weighted by molar-refractivity contribution is 5.66. The minimum atomic E-state index is -0.605. The molecule has 0 aromatic carbocycles. The Bertz CT molecular complexity index is 698. The molecule has 4 fully saturated rings. The zero-order valence-corrected chi connectivity index (χ0v) is 17.2. The van der Waals surface area contributed by atoms with E-state index >= 15 is 0 Å². The molecule has 0 heterocycles. The van der Waals surface area contributed by atoms with Crippen LogP contribution in [0.1, 0.15) is 65.7 Å². The van der Waals surface area contributed by atoms with Crippen LogP contribution in [0.2, 0.25) is 0 Å². The third-order valence-corrected chi connectivity index (χ3v) is 9.26. The van der Waals surface area contributed by atoms with Crippen molar-refractivity contribution < 1.29 is 24.1 Å². The SMILES string of the molecule is CC(=O)OC1C[C@H]2[C@@H]3CCC4C(C#CF)C(O)CC[C@]4(C)[C@@H]3CC[C@]2(C)C1O. The van der Waals surface area contributed by atoms with Crippen molar-refractivity contribution in [1.82, 2.24) is 0 Å². The van der Waals surface area contributed by atoms with Crippen molar-refractivity contribution in [2.45, 2.75) is 84.0 Å². The second-order valence-electron chi connectivity index (χ2n) is 10.3. The smallest absolute Gasteiger partial charge is 0.302 e. The molecule has 4 nitrogen and oxygen atoms in total. The number of carbonyl (C=O) groups is 1. The lowest BCUT2D eigenvalue weighted by atomic mass is 9.43. The highest BCUT2D eigenvalue weighted by Gasteiger charge is 2.63. The van der Waals surface area contributed by atoms with Crippen LogP contribution in [0.25, 0.3) is 0 Å². The molecule has 4 saturated carbocycles. The van der Waals surface area contributed by atoms with Gasteiger partial charge in [0, 0.05) is 12.3 Å². The van der Waals surface area contributed by atoms with E-state index in [1.54, 1.807) is 6.17 Å².